The average Bonchev–Trinajstić information content (AvgIpc) is 2.39. The third-order valence-electron chi connectivity index (χ3n) is 3.88. The number of amides is 1. The van der Waals surface area contributed by atoms with Crippen molar-refractivity contribution in [2.45, 2.75) is 26.3 Å². The van der Waals surface area contributed by atoms with Crippen LogP contribution in [0, 0.1) is 5.92 Å². The number of nitrogens with one attached hydrogen (secondary N) is 1. The molecular formula is C13H28N4O. The largest absolute Gasteiger partial charge is 0.353 e. The monoisotopic (exact) mass is 256 g/mol. The first kappa shape index (κ1) is 15.4. The van der Waals surface area contributed by atoms with E-state index in [1.165, 1.54) is 0 Å². The van der Waals surface area contributed by atoms with Crippen LogP contribution in [0.3, 0.4) is 0 Å². The Balaban J connectivity index is 2.15. The van der Waals surface area contributed by atoms with Gasteiger partial charge in [0, 0.05) is 39.3 Å². The molecule has 1 unspecified atom stereocenters. The lowest BCUT2D eigenvalue weighted by Gasteiger charge is -2.32. The van der Waals surface area contributed by atoms with E-state index < -0.39 is 0 Å². The normalized spacial score (nSPS) is 21.6. The van der Waals surface area contributed by atoms with Gasteiger partial charge in [-0.2, -0.15) is 0 Å². The molecule has 0 saturated carbocycles. The maximum atomic E-state index is 11.8. The summed E-state index contributed by atoms with van der Waals surface area (Å²) in [4.78, 5) is 16.5. The van der Waals surface area contributed by atoms with E-state index in [1.807, 2.05) is 6.92 Å². The van der Waals surface area contributed by atoms with E-state index in [9.17, 15) is 4.79 Å². The van der Waals surface area contributed by atoms with Crippen molar-refractivity contribution < 1.29 is 4.79 Å². The van der Waals surface area contributed by atoms with Crippen LogP contribution >= 0.6 is 0 Å². The molecule has 5 nitrogen and oxygen atoms in total. The smallest absolute Gasteiger partial charge is 0.237 e. The molecule has 3 N–H and O–H groups in total. The Kier molecular flexibility index (Phi) is 6.60. The van der Waals surface area contributed by atoms with Crippen molar-refractivity contribution in [2.75, 3.05) is 46.3 Å². The maximum Gasteiger partial charge on any atom is 0.237 e. The molecule has 1 aliphatic heterocycles. The zero-order chi connectivity index (χ0) is 13.5. The summed E-state index contributed by atoms with van der Waals surface area (Å²) in [6.45, 7) is 10.1. The molecule has 1 amide bonds. The van der Waals surface area contributed by atoms with Crippen LogP contribution in [0.4, 0.5) is 0 Å². The summed E-state index contributed by atoms with van der Waals surface area (Å²) >= 11 is 0. The van der Waals surface area contributed by atoms with Gasteiger partial charge in [-0.05, 0) is 13.0 Å². The summed E-state index contributed by atoms with van der Waals surface area (Å²) in [7, 11) is 2.14. The number of nitrogens with two attached hydrogens (primary N) is 1. The fraction of sp³-hybridized carbons (Fsp3) is 0.923. The molecule has 1 saturated heterocycles. The van der Waals surface area contributed by atoms with Gasteiger partial charge in [0.2, 0.25) is 5.91 Å². The lowest BCUT2D eigenvalue weighted by atomic mass is 9.99. The molecule has 2 atom stereocenters. The number of carbonyl (C=O) groups is 1. The predicted molar refractivity (Wildman–Crippen MR) is 74.4 cm³/mol. The van der Waals surface area contributed by atoms with Gasteiger partial charge in [-0.25, -0.2) is 0 Å². The van der Waals surface area contributed by atoms with Crippen molar-refractivity contribution in [3.63, 3.8) is 0 Å². The molecule has 0 bridgehead atoms. The third-order valence-corrected chi connectivity index (χ3v) is 3.88. The van der Waals surface area contributed by atoms with Gasteiger partial charge in [0.25, 0.3) is 0 Å². The standard InChI is InChI=1S/C13H28N4O/c1-4-11(2)12(14)13(18)15-5-6-17-9-7-16(3)8-10-17/h11-12H,4-10,14H2,1-3H3,(H,15,18)/t11?,12-/m0/s1. The van der Waals surface area contributed by atoms with Crippen molar-refractivity contribution in [3.8, 4) is 0 Å². The fourth-order valence-electron chi connectivity index (χ4n) is 2.04. The van der Waals surface area contributed by atoms with Crippen LogP contribution in [0.5, 0.6) is 0 Å². The minimum Gasteiger partial charge on any atom is -0.353 e. The lowest BCUT2D eigenvalue weighted by Crippen LogP contribution is -2.49. The van der Waals surface area contributed by atoms with E-state index in [0.29, 0.717) is 6.54 Å². The molecule has 1 heterocycles. The van der Waals surface area contributed by atoms with Crippen LogP contribution in [0.15, 0.2) is 0 Å². The summed E-state index contributed by atoms with van der Waals surface area (Å²) in [5.74, 6) is 0.229. The second kappa shape index (κ2) is 7.71. The Morgan fingerprint density at radius 1 is 1.33 bits per heavy atom. The Labute approximate surface area is 111 Å². The van der Waals surface area contributed by atoms with E-state index in [4.69, 9.17) is 5.73 Å². The second-order valence-electron chi connectivity index (χ2n) is 5.35. The first-order chi connectivity index (χ1) is 8.54. The Morgan fingerprint density at radius 2 is 1.94 bits per heavy atom. The Hall–Kier alpha value is -0.650. The van der Waals surface area contributed by atoms with Gasteiger partial charge in [0.05, 0.1) is 6.04 Å². The minimum absolute atomic E-state index is 0.0153. The number of carbonyl (C=O) groups excluding carboxylic acids is 1. The molecule has 1 rings (SSSR count). The van der Waals surface area contributed by atoms with Crippen LogP contribution in [0.1, 0.15) is 20.3 Å². The average molecular weight is 256 g/mol. The zero-order valence-corrected chi connectivity index (χ0v) is 12.0. The number of likely N-dealkylation sites (N-methyl/N-ethyl adjacent to an activating group) is 1. The highest BCUT2D eigenvalue weighted by Gasteiger charge is 2.19. The topological polar surface area (TPSA) is 61.6 Å². The first-order valence-corrected chi connectivity index (χ1v) is 6.98. The van der Waals surface area contributed by atoms with Gasteiger partial charge < -0.3 is 16.0 Å². The minimum atomic E-state index is -0.373. The molecule has 18 heavy (non-hydrogen) atoms. The third kappa shape index (κ3) is 4.92. The predicted octanol–water partition coefficient (Wildman–Crippen LogP) is -0.277. The number of hydrogen-bond donors (Lipinski definition) is 2. The summed E-state index contributed by atoms with van der Waals surface area (Å²) in [6.07, 6.45) is 0.938. The van der Waals surface area contributed by atoms with Crippen molar-refractivity contribution in [2.24, 2.45) is 11.7 Å². The van der Waals surface area contributed by atoms with E-state index in [0.717, 1.165) is 39.1 Å². The quantitative estimate of drug-likeness (QED) is 0.686. The molecule has 1 fully saturated rings. The number of hydrogen-bond acceptors (Lipinski definition) is 4. The van der Waals surface area contributed by atoms with Crippen molar-refractivity contribution in [1.82, 2.24) is 15.1 Å². The summed E-state index contributed by atoms with van der Waals surface area (Å²) < 4.78 is 0. The van der Waals surface area contributed by atoms with Gasteiger partial charge in [-0.1, -0.05) is 20.3 Å². The van der Waals surface area contributed by atoms with Crippen LogP contribution in [0.2, 0.25) is 0 Å². The van der Waals surface area contributed by atoms with Crippen molar-refractivity contribution >= 4 is 5.91 Å². The highest BCUT2D eigenvalue weighted by molar-refractivity contribution is 5.81. The van der Waals surface area contributed by atoms with Crippen LogP contribution in [-0.2, 0) is 4.79 Å². The highest BCUT2D eigenvalue weighted by atomic mass is 16.2. The fourth-order valence-corrected chi connectivity index (χ4v) is 2.04. The van der Waals surface area contributed by atoms with Crippen LogP contribution < -0.4 is 11.1 Å². The lowest BCUT2D eigenvalue weighted by molar-refractivity contribution is -0.123. The number of piperazine rings is 1. The van der Waals surface area contributed by atoms with Crippen LogP contribution in [0.25, 0.3) is 0 Å². The van der Waals surface area contributed by atoms with E-state index in [2.05, 4.69) is 29.1 Å². The molecule has 106 valence electrons. The Bertz CT molecular complexity index is 251. The molecule has 0 spiro atoms. The summed E-state index contributed by atoms with van der Waals surface area (Å²) in [6, 6.07) is -0.373. The van der Waals surface area contributed by atoms with E-state index >= 15 is 0 Å². The van der Waals surface area contributed by atoms with Gasteiger partial charge in [-0.3, -0.25) is 9.69 Å². The van der Waals surface area contributed by atoms with Gasteiger partial charge in [0.15, 0.2) is 0 Å². The molecule has 0 aliphatic carbocycles. The molecule has 0 aromatic carbocycles. The van der Waals surface area contributed by atoms with E-state index in [-0.39, 0.29) is 17.9 Å². The maximum absolute atomic E-state index is 11.8. The van der Waals surface area contributed by atoms with Gasteiger partial charge in [0.1, 0.15) is 0 Å². The van der Waals surface area contributed by atoms with Gasteiger partial charge >= 0.3 is 0 Å². The molecule has 0 radical (unpaired) electrons. The molecular weight excluding hydrogens is 228 g/mol. The molecule has 0 aromatic heterocycles. The van der Waals surface area contributed by atoms with Crippen molar-refractivity contribution in [1.29, 1.82) is 0 Å². The molecule has 5 heteroatoms. The van der Waals surface area contributed by atoms with Crippen molar-refractivity contribution in [3.05, 3.63) is 0 Å². The summed E-state index contributed by atoms with van der Waals surface area (Å²) in [5, 5.41) is 2.94. The molecule has 0 aromatic rings. The Morgan fingerprint density at radius 3 is 2.50 bits per heavy atom. The van der Waals surface area contributed by atoms with Gasteiger partial charge in [-0.15, -0.1) is 0 Å². The zero-order valence-electron chi connectivity index (χ0n) is 12.0. The molecule has 1 aliphatic rings. The first-order valence-electron chi connectivity index (χ1n) is 6.98. The van der Waals surface area contributed by atoms with E-state index in [1.54, 1.807) is 0 Å². The summed E-state index contributed by atoms with van der Waals surface area (Å²) in [5.41, 5.74) is 5.88. The number of nitrogens with zero attached hydrogens (tertiary/aromatic N) is 2. The second-order valence-corrected chi connectivity index (χ2v) is 5.35. The number of rotatable bonds is 6. The van der Waals surface area contributed by atoms with Crippen LogP contribution in [-0.4, -0.2) is 68.1 Å². The highest BCUT2D eigenvalue weighted by Crippen LogP contribution is 2.05. The SMILES string of the molecule is CCC(C)[C@H](N)C(=O)NCCN1CCN(C)CC1.